The van der Waals surface area contributed by atoms with E-state index in [0.29, 0.717) is 10.9 Å². The third kappa shape index (κ3) is 4.25. The number of thioether (sulfide) groups is 1. The molecule has 10 heteroatoms. The van der Waals surface area contributed by atoms with Crippen LogP contribution in [0.2, 0.25) is 0 Å². The van der Waals surface area contributed by atoms with Crippen LogP contribution in [0.5, 0.6) is 0 Å². The Bertz CT molecular complexity index is 500. The molecule has 9 nitrogen and oxygen atoms in total. The summed E-state index contributed by atoms with van der Waals surface area (Å²) < 4.78 is 6.34. The zero-order chi connectivity index (χ0) is 14.4. The Morgan fingerprint density at radius 2 is 2.32 bits per heavy atom. The number of esters is 1. The molecule has 1 aromatic rings. The van der Waals surface area contributed by atoms with Crippen molar-refractivity contribution in [3.63, 3.8) is 0 Å². The number of amides is 2. The molecule has 0 aliphatic rings. The zero-order valence-corrected chi connectivity index (χ0v) is 11.5. The number of nitrogens with two attached hydrogens (primary N) is 1. The molecule has 0 aliphatic heterocycles. The molecule has 0 saturated carbocycles. The van der Waals surface area contributed by atoms with Gasteiger partial charge in [0.2, 0.25) is 0 Å². The number of urea groups is 1. The van der Waals surface area contributed by atoms with Gasteiger partial charge in [0.15, 0.2) is 5.16 Å². The Hall–Kier alpha value is -2.10. The van der Waals surface area contributed by atoms with Crippen LogP contribution in [0.4, 0.5) is 4.79 Å². The standard InChI is InChI=1S/C9H14N6O3S/c1-5(12-13-8(10)17)6(7(16)18-3)19-9-14-11-4-15(9)2/h4,6H,1-3H3,(H3,10,13,17)/b12-5-. The fourth-order valence-corrected chi connectivity index (χ4v) is 2.03. The number of hydrazone groups is 1. The number of aromatic nitrogens is 3. The molecule has 3 N–H and O–H groups in total. The van der Waals surface area contributed by atoms with Crippen molar-refractivity contribution in [1.29, 1.82) is 0 Å². The number of rotatable bonds is 5. The molecule has 2 amide bonds. The third-order valence-corrected chi connectivity index (χ3v) is 3.38. The summed E-state index contributed by atoms with van der Waals surface area (Å²) in [6.07, 6.45) is 1.50. The summed E-state index contributed by atoms with van der Waals surface area (Å²) >= 11 is 1.11. The van der Waals surface area contributed by atoms with Gasteiger partial charge in [0.1, 0.15) is 11.6 Å². The predicted octanol–water partition coefficient (Wildman–Crippen LogP) is -0.507. The van der Waals surface area contributed by atoms with Gasteiger partial charge < -0.3 is 15.0 Å². The number of methoxy groups -OCH3 is 1. The lowest BCUT2D eigenvalue weighted by Gasteiger charge is -2.13. The molecule has 1 aromatic heterocycles. The molecule has 0 saturated heterocycles. The second-order valence-corrected chi connectivity index (χ2v) is 4.55. The molecule has 0 bridgehead atoms. The number of primary amides is 1. The van der Waals surface area contributed by atoms with Gasteiger partial charge in [-0.2, -0.15) is 5.10 Å². The van der Waals surface area contributed by atoms with Crippen molar-refractivity contribution in [2.75, 3.05) is 7.11 Å². The summed E-state index contributed by atoms with van der Waals surface area (Å²) in [5.74, 6) is -0.513. The maximum atomic E-state index is 11.7. The second-order valence-electron chi connectivity index (χ2n) is 3.47. The number of hydrogen-bond acceptors (Lipinski definition) is 7. The topological polar surface area (TPSA) is 124 Å². The van der Waals surface area contributed by atoms with Crippen molar-refractivity contribution in [3.8, 4) is 0 Å². The fraction of sp³-hybridized carbons (Fsp3) is 0.444. The molecule has 0 aromatic carbocycles. The molecule has 0 spiro atoms. The van der Waals surface area contributed by atoms with Gasteiger partial charge in [0, 0.05) is 7.05 Å². The fourth-order valence-electron chi connectivity index (χ4n) is 1.10. The van der Waals surface area contributed by atoms with E-state index in [2.05, 4.69) is 25.5 Å². The van der Waals surface area contributed by atoms with Crippen molar-refractivity contribution in [3.05, 3.63) is 6.33 Å². The minimum atomic E-state index is -0.813. The molecule has 104 valence electrons. The molecule has 1 heterocycles. The highest BCUT2D eigenvalue weighted by atomic mass is 32.2. The van der Waals surface area contributed by atoms with E-state index in [0.717, 1.165) is 11.8 Å². The highest BCUT2D eigenvalue weighted by Crippen LogP contribution is 2.22. The maximum absolute atomic E-state index is 11.7. The minimum Gasteiger partial charge on any atom is -0.468 e. The van der Waals surface area contributed by atoms with Crippen molar-refractivity contribution in [1.82, 2.24) is 20.2 Å². The Morgan fingerprint density at radius 3 is 2.79 bits per heavy atom. The zero-order valence-electron chi connectivity index (χ0n) is 10.7. The number of hydrogen-bond donors (Lipinski definition) is 2. The molecular weight excluding hydrogens is 272 g/mol. The Balaban J connectivity index is 2.89. The molecule has 19 heavy (non-hydrogen) atoms. The predicted molar refractivity (Wildman–Crippen MR) is 68.5 cm³/mol. The lowest BCUT2D eigenvalue weighted by molar-refractivity contribution is -0.138. The van der Waals surface area contributed by atoms with Gasteiger partial charge in [-0.25, -0.2) is 10.2 Å². The van der Waals surface area contributed by atoms with Gasteiger partial charge in [-0.1, -0.05) is 11.8 Å². The van der Waals surface area contributed by atoms with E-state index in [1.54, 1.807) is 18.5 Å². The molecular formula is C9H14N6O3S. The number of carbonyl (C=O) groups is 2. The maximum Gasteiger partial charge on any atom is 0.332 e. The van der Waals surface area contributed by atoms with Crippen LogP contribution in [0.1, 0.15) is 6.92 Å². The number of ether oxygens (including phenoxy) is 1. The molecule has 0 aliphatic carbocycles. The minimum absolute atomic E-state index is 0.332. The van der Waals surface area contributed by atoms with E-state index < -0.39 is 17.3 Å². The van der Waals surface area contributed by atoms with Gasteiger partial charge in [-0.3, -0.25) is 4.79 Å². The average molecular weight is 286 g/mol. The van der Waals surface area contributed by atoms with Crippen LogP contribution in [-0.4, -0.2) is 44.8 Å². The van der Waals surface area contributed by atoms with E-state index in [9.17, 15) is 9.59 Å². The molecule has 0 radical (unpaired) electrons. The first-order chi connectivity index (χ1) is 8.95. The van der Waals surface area contributed by atoms with E-state index >= 15 is 0 Å². The van der Waals surface area contributed by atoms with Gasteiger partial charge in [-0.15, -0.1) is 10.2 Å². The smallest absolute Gasteiger partial charge is 0.332 e. The average Bonchev–Trinajstić information content (AvgIpc) is 2.77. The largest absolute Gasteiger partial charge is 0.468 e. The molecule has 1 atom stereocenters. The van der Waals surface area contributed by atoms with Crippen molar-refractivity contribution >= 4 is 29.5 Å². The van der Waals surface area contributed by atoms with Gasteiger partial charge in [-0.05, 0) is 6.92 Å². The van der Waals surface area contributed by atoms with Crippen LogP contribution in [0.15, 0.2) is 16.6 Å². The monoisotopic (exact) mass is 286 g/mol. The lowest BCUT2D eigenvalue weighted by atomic mass is 10.3. The van der Waals surface area contributed by atoms with Crippen molar-refractivity contribution in [2.45, 2.75) is 17.3 Å². The molecule has 1 rings (SSSR count). The summed E-state index contributed by atoms with van der Waals surface area (Å²) in [4.78, 5) is 22.3. The van der Waals surface area contributed by atoms with E-state index in [1.165, 1.54) is 13.4 Å². The molecule has 1 unspecified atom stereocenters. The van der Waals surface area contributed by atoms with Crippen LogP contribution in [-0.2, 0) is 16.6 Å². The summed E-state index contributed by atoms with van der Waals surface area (Å²) in [6.45, 7) is 1.57. The summed E-state index contributed by atoms with van der Waals surface area (Å²) in [7, 11) is 3.01. The van der Waals surface area contributed by atoms with Gasteiger partial charge in [0.25, 0.3) is 0 Å². The van der Waals surface area contributed by atoms with Gasteiger partial charge in [0.05, 0.1) is 12.8 Å². The highest BCUT2D eigenvalue weighted by Gasteiger charge is 2.26. The summed E-state index contributed by atoms with van der Waals surface area (Å²) in [5, 5.41) is 11.0. The SMILES string of the molecule is COC(=O)C(Sc1nncn1C)/C(C)=N\NC(N)=O. The lowest BCUT2D eigenvalue weighted by Crippen LogP contribution is -2.31. The van der Waals surface area contributed by atoms with Crippen LogP contribution in [0.3, 0.4) is 0 Å². The first kappa shape index (κ1) is 15.0. The summed E-state index contributed by atoms with van der Waals surface area (Å²) in [6, 6.07) is -0.813. The third-order valence-electron chi connectivity index (χ3n) is 2.03. The van der Waals surface area contributed by atoms with Crippen LogP contribution >= 0.6 is 11.8 Å². The second kappa shape index (κ2) is 6.73. The normalized spacial score (nSPS) is 12.9. The number of aryl methyl sites for hydroxylation is 1. The number of nitrogens with one attached hydrogen (secondary N) is 1. The van der Waals surface area contributed by atoms with Crippen molar-refractivity contribution in [2.24, 2.45) is 17.9 Å². The summed E-state index contributed by atoms with van der Waals surface area (Å²) in [5.41, 5.74) is 7.30. The first-order valence-corrected chi connectivity index (χ1v) is 6.01. The number of nitrogens with zero attached hydrogens (tertiary/aromatic N) is 4. The number of carbonyl (C=O) groups excluding carboxylic acids is 2. The quantitative estimate of drug-likeness (QED) is 0.325. The van der Waals surface area contributed by atoms with Gasteiger partial charge >= 0.3 is 12.0 Å². The van der Waals surface area contributed by atoms with Crippen LogP contribution in [0, 0.1) is 0 Å². The van der Waals surface area contributed by atoms with Crippen LogP contribution < -0.4 is 11.2 Å². The van der Waals surface area contributed by atoms with E-state index in [-0.39, 0.29) is 0 Å². The van der Waals surface area contributed by atoms with E-state index in [1.807, 2.05) is 0 Å². The molecule has 0 fully saturated rings. The Kier molecular flexibility index (Phi) is 5.30. The highest BCUT2D eigenvalue weighted by molar-refractivity contribution is 8.01. The van der Waals surface area contributed by atoms with Crippen LogP contribution in [0.25, 0.3) is 0 Å². The Morgan fingerprint density at radius 1 is 1.63 bits per heavy atom. The van der Waals surface area contributed by atoms with Crippen molar-refractivity contribution < 1.29 is 14.3 Å². The van der Waals surface area contributed by atoms with E-state index in [4.69, 9.17) is 5.73 Å². The Labute approximate surface area is 113 Å². The first-order valence-electron chi connectivity index (χ1n) is 5.13.